The Kier molecular flexibility index (Phi) is 2.41. The first-order valence-electron chi connectivity index (χ1n) is 3.69. The molecular formula is C8H11NO2. The molecule has 0 saturated heterocycles. The van der Waals surface area contributed by atoms with E-state index in [0.717, 1.165) is 12.2 Å². The molecule has 0 aliphatic heterocycles. The van der Waals surface area contributed by atoms with E-state index in [9.17, 15) is 4.79 Å². The summed E-state index contributed by atoms with van der Waals surface area (Å²) >= 11 is 0. The molecule has 0 spiro atoms. The highest BCUT2D eigenvalue weighted by atomic mass is 16.5. The summed E-state index contributed by atoms with van der Waals surface area (Å²) in [4.78, 5) is 10.2. The minimum absolute atomic E-state index is 0.344. The summed E-state index contributed by atoms with van der Waals surface area (Å²) < 4.78 is 4.93. The van der Waals surface area contributed by atoms with Crippen LogP contribution in [0.5, 0.6) is 0 Å². The first kappa shape index (κ1) is 7.98. The Bertz CT molecular complexity index is 242. The molecule has 0 saturated carbocycles. The molecule has 1 unspecified atom stereocenters. The number of rotatable bonds is 3. The van der Waals surface area contributed by atoms with Crippen LogP contribution >= 0.6 is 0 Å². The zero-order chi connectivity index (χ0) is 8.27. The predicted molar refractivity (Wildman–Crippen MR) is 40.6 cm³/mol. The third-order valence-electron chi connectivity index (χ3n) is 1.77. The van der Waals surface area contributed by atoms with Crippen LogP contribution in [0.15, 0.2) is 10.6 Å². The van der Waals surface area contributed by atoms with E-state index in [4.69, 9.17) is 4.52 Å². The Morgan fingerprint density at radius 1 is 1.82 bits per heavy atom. The summed E-state index contributed by atoms with van der Waals surface area (Å²) in [5.74, 6) is 1.13. The first-order valence-corrected chi connectivity index (χ1v) is 3.69. The smallest absolute Gasteiger partial charge is 0.171 e. The fourth-order valence-electron chi connectivity index (χ4n) is 0.793. The zero-order valence-electron chi connectivity index (χ0n) is 6.70. The molecule has 3 heteroatoms. The molecule has 0 amide bonds. The molecule has 0 aliphatic rings. The van der Waals surface area contributed by atoms with Crippen molar-refractivity contribution < 1.29 is 9.32 Å². The van der Waals surface area contributed by atoms with E-state index >= 15 is 0 Å². The second-order valence-corrected chi connectivity index (χ2v) is 2.58. The molecule has 60 valence electrons. The van der Waals surface area contributed by atoms with Crippen LogP contribution in [-0.2, 0) is 0 Å². The summed E-state index contributed by atoms with van der Waals surface area (Å²) in [5, 5.41) is 3.56. The van der Waals surface area contributed by atoms with Gasteiger partial charge in [-0.2, -0.15) is 0 Å². The van der Waals surface area contributed by atoms with E-state index in [-0.39, 0.29) is 0 Å². The molecule has 0 fully saturated rings. The predicted octanol–water partition coefficient (Wildman–Crippen LogP) is 2.00. The van der Waals surface area contributed by atoms with Gasteiger partial charge in [-0.15, -0.1) is 0 Å². The Hall–Kier alpha value is -1.12. The van der Waals surface area contributed by atoms with Gasteiger partial charge in [0.1, 0.15) is 11.5 Å². The van der Waals surface area contributed by atoms with Crippen molar-refractivity contribution in [3.8, 4) is 0 Å². The summed E-state index contributed by atoms with van der Waals surface area (Å²) in [6, 6.07) is 1.68. The Labute approximate surface area is 65.4 Å². The van der Waals surface area contributed by atoms with Crippen molar-refractivity contribution in [3.63, 3.8) is 0 Å². The van der Waals surface area contributed by atoms with Crippen LogP contribution in [-0.4, -0.2) is 11.4 Å². The van der Waals surface area contributed by atoms with Gasteiger partial charge >= 0.3 is 0 Å². The summed E-state index contributed by atoms with van der Waals surface area (Å²) in [5.41, 5.74) is 0.375. The van der Waals surface area contributed by atoms with Crippen LogP contribution in [0.25, 0.3) is 0 Å². The van der Waals surface area contributed by atoms with Crippen LogP contribution in [0.2, 0.25) is 0 Å². The number of aromatic nitrogens is 1. The SMILES string of the molecule is CCC(C)c1cc(C=O)no1. The van der Waals surface area contributed by atoms with E-state index < -0.39 is 0 Å². The van der Waals surface area contributed by atoms with Gasteiger partial charge in [0.05, 0.1) is 0 Å². The molecule has 1 rings (SSSR count). The highest BCUT2D eigenvalue weighted by molar-refractivity contribution is 5.71. The lowest BCUT2D eigenvalue weighted by Gasteiger charge is -1.99. The maximum absolute atomic E-state index is 10.2. The third kappa shape index (κ3) is 1.67. The van der Waals surface area contributed by atoms with Gasteiger partial charge < -0.3 is 4.52 Å². The van der Waals surface area contributed by atoms with Gasteiger partial charge in [0.2, 0.25) is 0 Å². The molecule has 1 aromatic heterocycles. The van der Waals surface area contributed by atoms with Crippen LogP contribution < -0.4 is 0 Å². The fraction of sp³-hybridized carbons (Fsp3) is 0.500. The summed E-state index contributed by atoms with van der Waals surface area (Å²) in [6.07, 6.45) is 1.68. The molecule has 0 radical (unpaired) electrons. The van der Waals surface area contributed by atoms with Crippen molar-refractivity contribution in [2.45, 2.75) is 26.2 Å². The van der Waals surface area contributed by atoms with Gasteiger partial charge in [0.15, 0.2) is 6.29 Å². The molecule has 0 aromatic carbocycles. The largest absolute Gasteiger partial charge is 0.360 e. The first-order chi connectivity index (χ1) is 5.27. The molecule has 0 bridgehead atoms. The molecule has 3 nitrogen and oxygen atoms in total. The lowest BCUT2D eigenvalue weighted by molar-refractivity contribution is 0.111. The number of nitrogens with zero attached hydrogens (tertiary/aromatic N) is 1. The molecule has 0 N–H and O–H groups in total. The molecule has 11 heavy (non-hydrogen) atoms. The topological polar surface area (TPSA) is 43.1 Å². The molecule has 1 aromatic rings. The maximum atomic E-state index is 10.2. The van der Waals surface area contributed by atoms with Crippen molar-refractivity contribution >= 4 is 6.29 Å². The maximum Gasteiger partial charge on any atom is 0.171 e. The van der Waals surface area contributed by atoms with E-state index in [1.165, 1.54) is 0 Å². The Morgan fingerprint density at radius 3 is 3.00 bits per heavy atom. The minimum Gasteiger partial charge on any atom is -0.360 e. The second-order valence-electron chi connectivity index (χ2n) is 2.58. The number of carbonyl (C=O) groups is 1. The fourth-order valence-corrected chi connectivity index (χ4v) is 0.793. The number of hydrogen-bond donors (Lipinski definition) is 0. The van der Waals surface area contributed by atoms with E-state index in [2.05, 4.69) is 12.1 Å². The summed E-state index contributed by atoms with van der Waals surface area (Å²) in [6.45, 7) is 4.10. The van der Waals surface area contributed by atoms with Gasteiger partial charge in [-0.3, -0.25) is 4.79 Å². The normalized spacial score (nSPS) is 12.9. The average molecular weight is 153 g/mol. The van der Waals surface area contributed by atoms with Crippen LogP contribution in [0.4, 0.5) is 0 Å². The molecule has 0 aliphatic carbocycles. The average Bonchev–Trinajstić information content (AvgIpc) is 2.50. The lowest BCUT2D eigenvalue weighted by atomic mass is 10.1. The van der Waals surface area contributed by atoms with Crippen molar-refractivity contribution in [3.05, 3.63) is 17.5 Å². The summed E-state index contributed by atoms with van der Waals surface area (Å²) in [7, 11) is 0. The van der Waals surface area contributed by atoms with Crippen molar-refractivity contribution in [1.82, 2.24) is 5.16 Å². The highest BCUT2D eigenvalue weighted by Crippen LogP contribution is 2.18. The van der Waals surface area contributed by atoms with Gasteiger partial charge in [-0.1, -0.05) is 19.0 Å². The number of aldehydes is 1. The number of hydrogen-bond acceptors (Lipinski definition) is 3. The monoisotopic (exact) mass is 153 g/mol. The van der Waals surface area contributed by atoms with Crippen LogP contribution in [0.3, 0.4) is 0 Å². The van der Waals surface area contributed by atoms with Gasteiger partial charge in [0.25, 0.3) is 0 Å². The van der Waals surface area contributed by atoms with Crippen molar-refractivity contribution in [1.29, 1.82) is 0 Å². The van der Waals surface area contributed by atoms with Crippen LogP contribution in [0.1, 0.15) is 42.4 Å². The highest BCUT2D eigenvalue weighted by Gasteiger charge is 2.08. The third-order valence-corrected chi connectivity index (χ3v) is 1.77. The van der Waals surface area contributed by atoms with E-state index in [0.29, 0.717) is 17.9 Å². The molecular weight excluding hydrogens is 142 g/mol. The van der Waals surface area contributed by atoms with Gasteiger partial charge in [-0.25, -0.2) is 0 Å². The van der Waals surface area contributed by atoms with Gasteiger partial charge in [0, 0.05) is 12.0 Å². The second kappa shape index (κ2) is 3.32. The Balaban J connectivity index is 2.79. The lowest BCUT2D eigenvalue weighted by Crippen LogP contribution is -1.86. The zero-order valence-corrected chi connectivity index (χ0v) is 6.70. The van der Waals surface area contributed by atoms with E-state index in [1.54, 1.807) is 6.07 Å². The van der Waals surface area contributed by atoms with Crippen molar-refractivity contribution in [2.24, 2.45) is 0 Å². The Morgan fingerprint density at radius 2 is 2.55 bits per heavy atom. The van der Waals surface area contributed by atoms with Crippen LogP contribution in [0, 0.1) is 0 Å². The number of carbonyl (C=O) groups excluding carboxylic acids is 1. The van der Waals surface area contributed by atoms with Crippen molar-refractivity contribution in [2.75, 3.05) is 0 Å². The standard InChI is InChI=1S/C8H11NO2/c1-3-6(2)8-4-7(5-10)9-11-8/h4-6H,3H2,1-2H3. The molecule has 1 atom stereocenters. The van der Waals surface area contributed by atoms with Gasteiger partial charge in [-0.05, 0) is 6.42 Å². The quantitative estimate of drug-likeness (QED) is 0.624. The van der Waals surface area contributed by atoms with E-state index in [1.807, 2.05) is 6.92 Å². The minimum atomic E-state index is 0.344. The molecule has 1 heterocycles.